The first-order chi connectivity index (χ1) is 6.72. The monoisotopic (exact) mass is 200 g/mol. The number of ether oxygens (including phenoxy) is 1. The fourth-order valence-electron chi connectivity index (χ4n) is 1.86. The lowest BCUT2D eigenvalue weighted by atomic mass is 10.1. The molecule has 0 radical (unpaired) electrons. The Labute approximate surface area is 85.4 Å². The van der Waals surface area contributed by atoms with Crippen molar-refractivity contribution in [1.82, 2.24) is 4.90 Å². The molecule has 0 aliphatic carbocycles. The van der Waals surface area contributed by atoms with E-state index < -0.39 is 0 Å². The lowest BCUT2D eigenvalue weighted by molar-refractivity contribution is -0.118. The fourth-order valence-corrected chi connectivity index (χ4v) is 1.86. The van der Waals surface area contributed by atoms with E-state index in [9.17, 15) is 4.79 Å². The molecule has 0 aromatic carbocycles. The van der Waals surface area contributed by atoms with E-state index in [2.05, 4.69) is 4.90 Å². The van der Waals surface area contributed by atoms with Gasteiger partial charge in [0.05, 0.1) is 6.10 Å². The maximum Gasteiger partial charge on any atom is 0.218 e. The van der Waals surface area contributed by atoms with Crippen LogP contribution < -0.4 is 5.73 Å². The van der Waals surface area contributed by atoms with Gasteiger partial charge in [-0.15, -0.1) is 0 Å². The average Bonchev–Trinajstić information content (AvgIpc) is 2.16. The highest BCUT2D eigenvalue weighted by Crippen LogP contribution is 2.13. The Kier molecular flexibility index (Phi) is 4.90. The summed E-state index contributed by atoms with van der Waals surface area (Å²) in [5, 5.41) is 0. The lowest BCUT2D eigenvalue weighted by Crippen LogP contribution is -2.41. The Balaban J connectivity index is 2.21. The highest BCUT2D eigenvalue weighted by molar-refractivity contribution is 5.73. The molecule has 1 atom stereocenters. The second-order valence-electron chi connectivity index (χ2n) is 3.74. The molecule has 0 bridgehead atoms. The Morgan fingerprint density at radius 3 is 3.07 bits per heavy atom. The van der Waals surface area contributed by atoms with Crippen LogP contribution >= 0.6 is 0 Å². The van der Waals surface area contributed by atoms with Crippen LogP contribution in [0.2, 0.25) is 0 Å². The molecule has 1 rings (SSSR count). The summed E-state index contributed by atoms with van der Waals surface area (Å²) in [7, 11) is 0. The van der Waals surface area contributed by atoms with Crippen molar-refractivity contribution >= 4 is 5.91 Å². The summed E-state index contributed by atoms with van der Waals surface area (Å²) >= 11 is 0. The van der Waals surface area contributed by atoms with E-state index in [0.717, 1.165) is 39.1 Å². The van der Waals surface area contributed by atoms with Crippen LogP contribution in [-0.4, -0.2) is 43.2 Å². The molecule has 0 saturated carbocycles. The number of piperidine rings is 1. The van der Waals surface area contributed by atoms with Crippen LogP contribution in [0.3, 0.4) is 0 Å². The molecule has 0 aromatic heterocycles. The van der Waals surface area contributed by atoms with Crippen molar-refractivity contribution in [3.63, 3.8) is 0 Å². The second kappa shape index (κ2) is 5.98. The Bertz CT molecular complexity index is 183. The highest BCUT2D eigenvalue weighted by Gasteiger charge is 2.19. The van der Waals surface area contributed by atoms with Crippen molar-refractivity contribution in [2.24, 2.45) is 5.73 Å². The van der Waals surface area contributed by atoms with Crippen molar-refractivity contribution in [2.75, 3.05) is 26.2 Å². The largest absolute Gasteiger partial charge is 0.377 e. The zero-order valence-electron chi connectivity index (χ0n) is 8.87. The molecule has 1 heterocycles. The van der Waals surface area contributed by atoms with Gasteiger partial charge in [-0.2, -0.15) is 0 Å². The van der Waals surface area contributed by atoms with Crippen molar-refractivity contribution in [3.8, 4) is 0 Å². The van der Waals surface area contributed by atoms with E-state index in [1.165, 1.54) is 0 Å². The molecule has 14 heavy (non-hydrogen) atoms. The predicted molar refractivity (Wildman–Crippen MR) is 54.9 cm³/mol. The number of hydrogen-bond donors (Lipinski definition) is 1. The third-order valence-corrected chi connectivity index (χ3v) is 2.54. The third kappa shape index (κ3) is 4.07. The van der Waals surface area contributed by atoms with Crippen molar-refractivity contribution < 1.29 is 9.53 Å². The Morgan fingerprint density at radius 1 is 1.64 bits per heavy atom. The van der Waals surface area contributed by atoms with Gasteiger partial charge in [-0.25, -0.2) is 0 Å². The molecular formula is C10H20N2O2. The summed E-state index contributed by atoms with van der Waals surface area (Å²) in [5.74, 6) is -0.219. The molecule has 4 nitrogen and oxygen atoms in total. The standard InChI is InChI=1S/C10H20N2O2/c1-2-14-9-4-3-6-12(8-9)7-5-10(11)13/h9H,2-8H2,1H3,(H2,11,13)/t9-/m1/s1. The summed E-state index contributed by atoms with van der Waals surface area (Å²) in [6.07, 6.45) is 3.10. The van der Waals surface area contributed by atoms with Crippen LogP contribution in [-0.2, 0) is 9.53 Å². The quantitative estimate of drug-likeness (QED) is 0.697. The first-order valence-corrected chi connectivity index (χ1v) is 5.34. The van der Waals surface area contributed by atoms with E-state index in [0.29, 0.717) is 12.5 Å². The minimum absolute atomic E-state index is 0.219. The molecule has 1 saturated heterocycles. The minimum Gasteiger partial charge on any atom is -0.377 e. The van der Waals surface area contributed by atoms with Crippen LogP contribution in [0.4, 0.5) is 0 Å². The first kappa shape index (κ1) is 11.5. The van der Waals surface area contributed by atoms with Gasteiger partial charge in [0.2, 0.25) is 5.91 Å². The molecule has 4 heteroatoms. The molecule has 0 spiro atoms. The molecule has 1 fully saturated rings. The maximum absolute atomic E-state index is 10.6. The molecule has 82 valence electrons. The van der Waals surface area contributed by atoms with Crippen LogP contribution in [0, 0.1) is 0 Å². The molecule has 0 unspecified atom stereocenters. The number of nitrogens with zero attached hydrogens (tertiary/aromatic N) is 1. The van der Waals surface area contributed by atoms with E-state index in [-0.39, 0.29) is 5.91 Å². The van der Waals surface area contributed by atoms with Gasteiger partial charge in [0.1, 0.15) is 0 Å². The number of nitrogens with two attached hydrogens (primary N) is 1. The van der Waals surface area contributed by atoms with Crippen molar-refractivity contribution in [2.45, 2.75) is 32.3 Å². The van der Waals surface area contributed by atoms with Crippen LogP contribution in [0.5, 0.6) is 0 Å². The van der Waals surface area contributed by atoms with Crippen LogP contribution in [0.15, 0.2) is 0 Å². The van der Waals surface area contributed by atoms with Crippen molar-refractivity contribution in [3.05, 3.63) is 0 Å². The third-order valence-electron chi connectivity index (χ3n) is 2.54. The average molecular weight is 200 g/mol. The van der Waals surface area contributed by atoms with E-state index in [1.807, 2.05) is 6.92 Å². The van der Waals surface area contributed by atoms with Gasteiger partial charge in [0.15, 0.2) is 0 Å². The number of primary amides is 1. The molecular weight excluding hydrogens is 180 g/mol. The van der Waals surface area contributed by atoms with Gasteiger partial charge in [-0.1, -0.05) is 0 Å². The number of carbonyl (C=O) groups excluding carboxylic acids is 1. The first-order valence-electron chi connectivity index (χ1n) is 5.34. The summed E-state index contributed by atoms with van der Waals surface area (Å²) in [6, 6.07) is 0. The van der Waals surface area contributed by atoms with Crippen LogP contribution in [0.25, 0.3) is 0 Å². The molecule has 1 amide bonds. The number of likely N-dealkylation sites (tertiary alicyclic amines) is 1. The number of hydrogen-bond acceptors (Lipinski definition) is 3. The zero-order valence-corrected chi connectivity index (χ0v) is 8.87. The van der Waals surface area contributed by atoms with Gasteiger partial charge in [0.25, 0.3) is 0 Å². The van der Waals surface area contributed by atoms with Crippen LogP contribution in [0.1, 0.15) is 26.2 Å². The van der Waals surface area contributed by atoms with Gasteiger partial charge in [-0.05, 0) is 26.3 Å². The summed E-state index contributed by atoms with van der Waals surface area (Å²) < 4.78 is 5.56. The zero-order chi connectivity index (χ0) is 10.4. The Morgan fingerprint density at radius 2 is 2.43 bits per heavy atom. The molecule has 2 N–H and O–H groups in total. The number of amides is 1. The van der Waals surface area contributed by atoms with E-state index in [1.54, 1.807) is 0 Å². The topological polar surface area (TPSA) is 55.6 Å². The maximum atomic E-state index is 10.6. The molecule has 0 aromatic rings. The summed E-state index contributed by atoms with van der Waals surface area (Å²) in [6.45, 7) is 5.58. The van der Waals surface area contributed by atoms with Gasteiger partial charge < -0.3 is 15.4 Å². The second-order valence-corrected chi connectivity index (χ2v) is 3.74. The smallest absolute Gasteiger partial charge is 0.218 e. The number of rotatable bonds is 5. The highest BCUT2D eigenvalue weighted by atomic mass is 16.5. The minimum atomic E-state index is -0.219. The van der Waals surface area contributed by atoms with Gasteiger partial charge in [0, 0.05) is 26.1 Å². The predicted octanol–water partition coefficient (Wildman–Crippen LogP) is 0.363. The van der Waals surface area contributed by atoms with E-state index in [4.69, 9.17) is 10.5 Å². The molecule has 1 aliphatic rings. The van der Waals surface area contributed by atoms with Gasteiger partial charge >= 0.3 is 0 Å². The van der Waals surface area contributed by atoms with Crippen molar-refractivity contribution in [1.29, 1.82) is 0 Å². The SMILES string of the molecule is CCO[C@@H]1CCCN(CCC(N)=O)C1. The van der Waals surface area contributed by atoms with Gasteiger partial charge in [-0.3, -0.25) is 4.79 Å². The lowest BCUT2D eigenvalue weighted by Gasteiger charge is -2.32. The number of carbonyl (C=O) groups is 1. The summed E-state index contributed by atoms with van der Waals surface area (Å²) in [4.78, 5) is 12.9. The van der Waals surface area contributed by atoms with E-state index >= 15 is 0 Å². The summed E-state index contributed by atoms with van der Waals surface area (Å²) in [5.41, 5.74) is 5.11. The normalized spacial score (nSPS) is 23.6. The fraction of sp³-hybridized carbons (Fsp3) is 0.900. The Hall–Kier alpha value is -0.610. The molecule has 1 aliphatic heterocycles.